The van der Waals surface area contributed by atoms with Crippen molar-refractivity contribution in [2.75, 3.05) is 0 Å². The number of ketones is 1. The van der Waals surface area contributed by atoms with Crippen molar-refractivity contribution in [1.29, 1.82) is 0 Å². The second-order valence-corrected chi connectivity index (χ2v) is 6.55. The second-order valence-electron chi connectivity index (χ2n) is 5.05. The van der Waals surface area contributed by atoms with Crippen LogP contribution in [0.25, 0.3) is 10.9 Å². The minimum Gasteiger partial charge on any atom is -0.294 e. The van der Waals surface area contributed by atoms with Crippen molar-refractivity contribution in [3.05, 3.63) is 64.7 Å². The summed E-state index contributed by atoms with van der Waals surface area (Å²) < 4.78 is 0. The topological polar surface area (TPSA) is 30.0 Å². The number of Topliss-reactive ketones (excluding diaryl/α,β-unsaturated/α-hetero) is 1. The molecule has 0 atom stereocenters. The fourth-order valence-corrected chi connectivity index (χ4v) is 3.83. The highest BCUT2D eigenvalue weighted by molar-refractivity contribution is 7.99. The van der Waals surface area contributed by atoms with Crippen LogP contribution < -0.4 is 0 Å². The molecule has 3 aromatic rings. The molecule has 110 valence electrons. The van der Waals surface area contributed by atoms with Crippen molar-refractivity contribution in [3.63, 3.8) is 0 Å². The Balaban J connectivity index is 2.19. The molecule has 0 aliphatic heterocycles. The highest BCUT2D eigenvalue weighted by Gasteiger charge is 2.16. The Kier molecular flexibility index (Phi) is 4.19. The summed E-state index contributed by atoms with van der Waals surface area (Å²) in [6.07, 6.45) is 0. The van der Waals surface area contributed by atoms with Crippen LogP contribution in [0, 0.1) is 6.92 Å². The van der Waals surface area contributed by atoms with Crippen molar-refractivity contribution in [1.82, 2.24) is 4.98 Å². The Bertz CT molecular complexity index is 876. The van der Waals surface area contributed by atoms with E-state index in [-0.39, 0.29) is 5.78 Å². The first-order chi connectivity index (χ1) is 10.6. The second kappa shape index (κ2) is 6.11. The molecule has 0 aliphatic rings. The Morgan fingerprint density at radius 2 is 1.91 bits per heavy atom. The minimum atomic E-state index is 0.0280. The van der Waals surface area contributed by atoms with Crippen LogP contribution >= 0.6 is 23.4 Å². The molecule has 0 saturated carbocycles. The van der Waals surface area contributed by atoms with Crippen LogP contribution in [0.5, 0.6) is 0 Å². The van der Waals surface area contributed by atoms with E-state index in [1.807, 2.05) is 55.5 Å². The standard InChI is InChI=1S/C18H14ClNOS/c1-11-15-8-3-4-9-16(15)20-18(17(11)12(2)21)22-14-7-5-6-13(19)10-14/h3-10H,1-2H3. The summed E-state index contributed by atoms with van der Waals surface area (Å²) in [7, 11) is 0. The summed E-state index contributed by atoms with van der Waals surface area (Å²) in [6, 6.07) is 15.4. The molecule has 2 nitrogen and oxygen atoms in total. The molecule has 3 rings (SSSR count). The van der Waals surface area contributed by atoms with E-state index in [1.165, 1.54) is 11.8 Å². The molecule has 1 heterocycles. The van der Waals surface area contributed by atoms with Crippen molar-refractivity contribution in [2.45, 2.75) is 23.8 Å². The molecule has 0 fully saturated rings. The molecular weight excluding hydrogens is 314 g/mol. The monoisotopic (exact) mass is 327 g/mol. The van der Waals surface area contributed by atoms with Crippen molar-refractivity contribution in [2.24, 2.45) is 0 Å². The summed E-state index contributed by atoms with van der Waals surface area (Å²) in [4.78, 5) is 17.8. The quantitative estimate of drug-likeness (QED) is 0.591. The minimum absolute atomic E-state index is 0.0280. The number of aromatic nitrogens is 1. The average Bonchev–Trinajstić information content (AvgIpc) is 2.47. The van der Waals surface area contributed by atoms with Gasteiger partial charge in [-0.1, -0.05) is 47.6 Å². The van der Waals surface area contributed by atoms with Crippen molar-refractivity contribution < 1.29 is 4.79 Å². The predicted octanol–water partition coefficient (Wildman–Crippen LogP) is 5.55. The van der Waals surface area contributed by atoms with E-state index in [1.54, 1.807) is 6.92 Å². The molecular formula is C18H14ClNOS. The molecule has 0 radical (unpaired) electrons. The van der Waals surface area contributed by atoms with Crippen LogP contribution in [-0.4, -0.2) is 10.8 Å². The van der Waals surface area contributed by atoms with Gasteiger partial charge in [0.1, 0.15) is 5.03 Å². The summed E-state index contributed by atoms with van der Waals surface area (Å²) >= 11 is 7.51. The normalized spacial score (nSPS) is 10.9. The Labute approximate surface area is 138 Å². The van der Waals surface area contributed by atoms with Gasteiger partial charge in [0, 0.05) is 15.3 Å². The van der Waals surface area contributed by atoms with Crippen LogP contribution in [0.4, 0.5) is 0 Å². The number of hydrogen-bond donors (Lipinski definition) is 0. The molecule has 0 aliphatic carbocycles. The Morgan fingerprint density at radius 1 is 1.14 bits per heavy atom. The van der Waals surface area contributed by atoms with E-state index < -0.39 is 0 Å². The number of para-hydroxylation sites is 1. The maximum atomic E-state index is 12.1. The van der Waals surface area contributed by atoms with E-state index in [4.69, 9.17) is 11.6 Å². The lowest BCUT2D eigenvalue weighted by atomic mass is 10.0. The highest BCUT2D eigenvalue weighted by Crippen LogP contribution is 2.34. The third-order valence-corrected chi connectivity index (χ3v) is 4.70. The number of carbonyl (C=O) groups is 1. The van der Waals surface area contributed by atoms with E-state index in [9.17, 15) is 4.79 Å². The number of fused-ring (bicyclic) bond motifs is 1. The van der Waals surface area contributed by atoms with Gasteiger partial charge in [0.05, 0.1) is 11.1 Å². The maximum Gasteiger partial charge on any atom is 0.162 e. The van der Waals surface area contributed by atoms with Gasteiger partial charge in [-0.05, 0) is 43.7 Å². The van der Waals surface area contributed by atoms with Crippen molar-refractivity contribution >= 4 is 40.0 Å². The molecule has 0 unspecified atom stereocenters. The zero-order valence-electron chi connectivity index (χ0n) is 12.3. The van der Waals surface area contributed by atoms with E-state index in [0.717, 1.165) is 26.4 Å². The molecule has 1 aromatic heterocycles. The fraction of sp³-hybridized carbons (Fsp3) is 0.111. The van der Waals surface area contributed by atoms with Crippen molar-refractivity contribution in [3.8, 4) is 0 Å². The maximum absolute atomic E-state index is 12.1. The third-order valence-electron chi connectivity index (χ3n) is 3.48. The molecule has 0 amide bonds. The first-order valence-corrected chi connectivity index (χ1v) is 8.09. The fourth-order valence-electron chi connectivity index (χ4n) is 2.48. The van der Waals surface area contributed by atoms with Gasteiger partial charge < -0.3 is 0 Å². The van der Waals surface area contributed by atoms with Crippen LogP contribution in [0.15, 0.2) is 58.5 Å². The number of rotatable bonds is 3. The molecule has 22 heavy (non-hydrogen) atoms. The number of nitrogens with zero attached hydrogens (tertiary/aromatic N) is 1. The third kappa shape index (κ3) is 2.87. The molecule has 4 heteroatoms. The van der Waals surface area contributed by atoms with Gasteiger partial charge in [0.25, 0.3) is 0 Å². The molecule has 2 aromatic carbocycles. The Morgan fingerprint density at radius 3 is 2.64 bits per heavy atom. The first kappa shape index (κ1) is 15.1. The van der Waals surface area contributed by atoms with Crippen LogP contribution in [0.2, 0.25) is 5.02 Å². The summed E-state index contributed by atoms with van der Waals surface area (Å²) in [6.45, 7) is 3.56. The van der Waals surface area contributed by atoms with Gasteiger partial charge >= 0.3 is 0 Å². The van der Waals surface area contributed by atoms with Gasteiger partial charge in [-0.3, -0.25) is 4.79 Å². The van der Waals surface area contributed by atoms with Gasteiger partial charge in [-0.25, -0.2) is 4.98 Å². The number of aryl methyl sites for hydroxylation is 1. The summed E-state index contributed by atoms with van der Waals surface area (Å²) in [5.41, 5.74) is 2.56. The summed E-state index contributed by atoms with van der Waals surface area (Å²) in [5.74, 6) is 0.0280. The smallest absolute Gasteiger partial charge is 0.162 e. The van der Waals surface area contributed by atoms with Crippen LogP contribution in [0.1, 0.15) is 22.8 Å². The zero-order valence-corrected chi connectivity index (χ0v) is 13.8. The number of carbonyl (C=O) groups excluding carboxylic acids is 1. The van der Waals surface area contributed by atoms with Gasteiger partial charge in [-0.15, -0.1) is 0 Å². The number of benzene rings is 2. The number of hydrogen-bond acceptors (Lipinski definition) is 3. The number of halogens is 1. The highest BCUT2D eigenvalue weighted by atomic mass is 35.5. The number of pyridine rings is 1. The van der Waals surface area contributed by atoms with E-state index >= 15 is 0 Å². The summed E-state index contributed by atoms with van der Waals surface area (Å²) in [5, 5.41) is 2.42. The average molecular weight is 328 g/mol. The first-order valence-electron chi connectivity index (χ1n) is 6.90. The predicted molar refractivity (Wildman–Crippen MR) is 92.1 cm³/mol. The lowest BCUT2D eigenvalue weighted by Gasteiger charge is -2.12. The van der Waals surface area contributed by atoms with Gasteiger partial charge in [0.15, 0.2) is 5.78 Å². The Hall–Kier alpha value is -1.84. The van der Waals surface area contributed by atoms with Crippen LogP contribution in [-0.2, 0) is 0 Å². The van der Waals surface area contributed by atoms with Crippen LogP contribution in [0.3, 0.4) is 0 Å². The van der Waals surface area contributed by atoms with E-state index in [2.05, 4.69) is 4.98 Å². The molecule has 0 saturated heterocycles. The van der Waals surface area contributed by atoms with Gasteiger partial charge in [0.2, 0.25) is 0 Å². The molecule has 0 N–H and O–H groups in total. The van der Waals surface area contributed by atoms with E-state index in [0.29, 0.717) is 10.6 Å². The molecule has 0 spiro atoms. The largest absolute Gasteiger partial charge is 0.294 e. The molecule has 0 bridgehead atoms. The zero-order chi connectivity index (χ0) is 15.7. The SMILES string of the molecule is CC(=O)c1c(Sc2cccc(Cl)c2)nc2ccccc2c1C. The lowest BCUT2D eigenvalue weighted by molar-refractivity contribution is 0.101. The van der Waals surface area contributed by atoms with Gasteiger partial charge in [-0.2, -0.15) is 0 Å². The lowest BCUT2D eigenvalue weighted by Crippen LogP contribution is -2.02.